The summed E-state index contributed by atoms with van der Waals surface area (Å²) in [5, 5.41) is 20.6. The molecule has 0 fully saturated rings. The first-order chi connectivity index (χ1) is 15.4. The van der Waals surface area contributed by atoms with Crippen LogP contribution in [0.3, 0.4) is 0 Å². The highest BCUT2D eigenvalue weighted by Gasteiger charge is 2.29. The number of nitrogens with zero attached hydrogens (tertiary/aromatic N) is 1. The molecule has 2 aromatic rings. The van der Waals surface area contributed by atoms with E-state index >= 15 is 0 Å². The minimum absolute atomic E-state index is 0.0322. The Kier molecular flexibility index (Phi) is 7.83. The fourth-order valence-electron chi connectivity index (χ4n) is 3.98. The Balaban J connectivity index is 1.49. The standard InChI is InChI=1S/C24H28N2O6/c1-16(12-22(28)26(10-11-27)14-23(29)30)13-25-24(31)32-15-21-19-8-4-2-6-17(19)18-7-3-5-9-20(18)21/h2-9,16,21,27H,10-15H2,1H3,(H,25,31)(H,29,30). The molecule has 8 heteroatoms. The maximum atomic E-state index is 12.3. The molecule has 0 spiro atoms. The number of alkyl carbamates (subject to hydrolysis) is 1. The Morgan fingerprint density at radius 2 is 1.66 bits per heavy atom. The van der Waals surface area contributed by atoms with E-state index in [1.807, 2.05) is 36.4 Å². The minimum atomic E-state index is -1.14. The van der Waals surface area contributed by atoms with Gasteiger partial charge in [-0.25, -0.2) is 4.79 Å². The summed E-state index contributed by atoms with van der Waals surface area (Å²) < 4.78 is 5.48. The third kappa shape index (κ3) is 5.64. The smallest absolute Gasteiger partial charge is 0.407 e. The number of amides is 2. The van der Waals surface area contributed by atoms with Crippen LogP contribution in [0.4, 0.5) is 4.79 Å². The third-order valence-corrected chi connectivity index (χ3v) is 5.51. The monoisotopic (exact) mass is 440 g/mol. The first-order valence-electron chi connectivity index (χ1n) is 10.6. The number of fused-ring (bicyclic) bond motifs is 3. The zero-order valence-corrected chi connectivity index (χ0v) is 18.0. The molecule has 1 aliphatic rings. The molecule has 1 aliphatic carbocycles. The van der Waals surface area contributed by atoms with E-state index in [0.29, 0.717) is 0 Å². The summed E-state index contributed by atoms with van der Waals surface area (Å²) in [5.41, 5.74) is 4.56. The Bertz CT molecular complexity index is 931. The first kappa shape index (κ1) is 23.3. The number of carboxylic acids is 1. The lowest BCUT2D eigenvalue weighted by Crippen LogP contribution is -2.39. The van der Waals surface area contributed by atoms with E-state index < -0.39 is 18.6 Å². The second-order valence-electron chi connectivity index (χ2n) is 7.95. The van der Waals surface area contributed by atoms with Crippen LogP contribution in [-0.4, -0.2) is 65.9 Å². The fourth-order valence-corrected chi connectivity index (χ4v) is 3.98. The van der Waals surface area contributed by atoms with Crippen molar-refractivity contribution in [3.63, 3.8) is 0 Å². The van der Waals surface area contributed by atoms with Crippen LogP contribution in [-0.2, 0) is 14.3 Å². The summed E-state index contributed by atoms with van der Waals surface area (Å²) in [4.78, 5) is 36.5. The van der Waals surface area contributed by atoms with Crippen molar-refractivity contribution in [1.82, 2.24) is 10.2 Å². The molecule has 0 aromatic heterocycles. The number of carbonyl (C=O) groups excluding carboxylic acids is 2. The maximum absolute atomic E-state index is 12.3. The number of hydrogen-bond donors (Lipinski definition) is 3. The van der Waals surface area contributed by atoms with E-state index in [-0.39, 0.29) is 50.5 Å². The number of aliphatic hydroxyl groups excluding tert-OH is 1. The number of aliphatic hydroxyl groups is 1. The zero-order valence-electron chi connectivity index (χ0n) is 18.0. The van der Waals surface area contributed by atoms with Gasteiger partial charge in [0, 0.05) is 25.4 Å². The summed E-state index contributed by atoms with van der Waals surface area (Å²) in [5.74, 6) is -1.78. The molecule has 0 saturated heterocycles. The predicted molar refractivity (Wildman–Crippen MR) is 118 cm³/mol. The van der Waals surface area contributed by atoms with Crippen LogP contribution in [0.1, 0.15) is 30.4 Å². The van der Waals surface area contributed by atoms with Gasteiger partial charge in [0.15, 0.2) is 0 Å². The Hall–Kier alpha value is -3.39. The van der Waals surface area contributed by atoms with Gasteiger partial charge in [0.2, 0.25) is 5.91 Å². The van der Waals surface area contributed by atoms with Gasteiger partial charge in [-0.05, 0) is 28.2 Å². The number of benzene rings is 2. The van der Waals surface area contributed by atoms with Crippen molar-refractivity contribution >= 4 is 18.0 Å². The molecule has 3 rings (SSSR count). The molecule has 8 nitrogen and oxygen atoms in total. The van der Waals surface area contributed by atoms with E-state index in [2.05, 4.69) is 17.4 Å². The van der Waals surface area contributed by atoms with Crippen molar-refractivity contribution in [2.75, 3.05) is 32.8 Å². The summed E-state index contributed by atoms with van der Waals surface area (Å²) in [6.45, 7) is 1.37. The predicted octanol–water partition coefficient (Wildman–Crippen LogP) is 2.46. The molecule has 0 radical (unpaired) electrons. The number of ether oxygens (including phenoxy) is 1. The van der Waals surface area contributed by atoms with Crippen molar-refractivity contribution in [2.24, 2.45) is 5.92 Å². The van der Waals surface area contributed by atoms with Crippen molar-refractivity contribution < 1.29 is 29.3 Å². The molecule has 170 valence electrons. The first-order valence-corrected chi connectivity index (χ1v) is 10.6. The van der Waals surface area contributed by atoms with Crippen LogP contribution in [0.15, 0.2) is 48.5 Å². The molecule has 0 heterocycles. The average Bonchev–Trinajstić information content (AvgIpc) is 3.09. The van der Waals surface area contributed by atoms with Gasteiger partial charge in [0.05, 0.1) is 6.61 Å². The fraction of sp³-hybridized carbons (Fsp3) is 0.375. The molecule has 32 heavy (non-hydrogen) atoms. The summed E-state index contributed by atoms with van der Waals surface area (Å²) in [6, 6.07) is 16.2. The Labute approximate surface area is 186 Å². The molecule has 2 aromatic carbocycles. The number of rotatable bonds is 10. The quantitative estimate of drug-likeness (QED) is 0.523. The van der Waals surface area contributed by atoms with Gasteiger partial charge in [-0.15, -0.1) is 0 Å². The van der Waals surface area contributed by atoms with Crippen molar-refractivity contribution in [3.05, 3.63) is 59.7 Å². The topological polar surface area (TPSA) is 116 Å². The van der Waals surface area contributed by atoms with Gasteiger partial charge in [-0.1, -0.05) is 55.5 Å². The van der Waals surface area contributed by atoms with E-state index in [0.717, 1.165) is 27.2 Å². The van der Waals surface area contributed by atoms with Crippen LogP contribution in [0, 0.1) is 5.92 Å². The van der Waals surface area contributed by atoms with Crippen molar-refractivity contribution in [3.8, 4) is 11.1 Å². The van der Waals surface area contributed by atoms with Crippen LogP contribution < -0.4 is 5.32 Å². The minimum Gasteiger partial charge on any atom is -0.480 e. The lowest BCUT2D eigenvalue weighted by molar-refractivity contribution is -0.145. The molecule has 0 aliphatic heterocycles. The second-order valence-corrected chi connectivity index (χ2v) is 7.95. The van der Waals surface area contributed by atoms with Crippen LogP contribution in [0.2, 0.25) is 0 Å². The lowest BCUT2D eigenvalue weighted by Gasteiger charge is -2.22. The maximum Gasteiger partial charge on any atom is 0.407 e. The third-order valence-electron chi connectivity index (χ3n) is 5.51. The van der Waals surface area contributed by atoms with Gasteiger partial charge in [0.25, 0.3) is 0 Å². The highest BCUT2D eigenvalue weighted by Crippen LogP contribution is 2.44. The molecule has 0 bridgehead atoms. The summed E-state index contributed by atoms with van der Waals surface area (Å²) in [7, 11) is 0. The van der Waals surface area contributed by atoms with Gasteiger partial charge in [-0.2, -0.15) is 0 Å². The van der Waals surface area contributed by atoms with Crippen LogP contribution >= 0.6 is 0 Å². The van der Waals surface area contributed by atoms with Crippen molar-refractivity contribution in [2.45, 2.75) is 19.3 Å². The van der Waals surface area contributed by atoms with Gasteiger partial charge < -0.3 is 25.2 Å². The summed E-state index contributed by atoms with van der Waals surface area (Å²) >= 11 is 0. The number of carbonyl (C=O) groups is 3. The number of hydrogen-bond acceptors (Lipinski definition) is 5. The van der Waals surface area contributed by atoms with Crippen LogP contribution in [0.5, 0.6) is 0 Å². The van der Waals surface area contributed by atoms with E-state index in [4.69, 9.17) is 14.9 Å². The number of nitrogens with one attached hydrogen (secondary N) is 1. The number of carboxylic acid groups (broad SMARTS) is 1. The molecule has 1 atom stereocenters. The normalized spacial score (nSPS) is 13.1. The molecule has 1 unspecified atom stereocenters. The molecule has 2 amide bonds. The zero-order chi connectivity index (χ0) is 23.1. The van der Waals surface area contributed by atoms with E-state index in [9.17, 15) is 14.4 Å². The second kappa shape index (κ2) is 10.8. The molecule has 0 saturated carbocycles. The Morgan fingerprint density at radius 3 is 2.22 bits per heavy atom. The van der Waals surface area contributed by atoms with Gasteiger partial charge >= 0.3 is 12.1 Å². The van der Waals surface area contributed by atoms with Crippen LogP contribution in [0.25, 0.3) is 11.1 Å². The van der Waals surface area contributed by atoms with E-state index in [1.54, 1.807) is 6.92 Å². The molecular formula is C24H28N2O6. The largest absolute Gasteiger partial charge is 0.480 e. The van der Waals surface area contributed by atoms with E-state index in [1.165, 1.54) is 0 Å². The average molecular weight is 440 g/mol. The molecule has 3 N–H and O–H groups in total. The highest BCUT2D eigenvalue weighted by molar-refractivity contribution is 5.81. The van der Waals surface area contributed by atoms with Gasteiger partial charge in [0.1, 0.15) is 13.2 Å². The molecular weight excluding hydrogens is 412 g/mol. The van der Waals surface area contributed by atoms with Crippen molar-refractivity contribution in [1.29, 1.82) is 0 Å². The van der Waals surface area contributed by atoms with Gasteiger partial charge in [-0.3, -0.25) is 9.59 Å². The number of aliphatic carboxylic acids is 1. The summed E-state index contributed by atoms with van der Waals surface area (Å²) in [6.07, 6.45) is -0.513. The Morgan fingerprint density at radius 1 is 1.06 bits per heavy atom. The highest BCUT2D eigenvalue weighted by atomic mass is 16.5. The SMILES string of the molecule is CC(CNC(=O)OCC1c2ccccc2-c2ccccc21)CC(=O)N(CCO)CC(=O)O. The lowest BCUT2D eigenvalue weighted by atomic mass is 9.98.